The van der Waals surface area contributed by atoms with Crippen LogP contribution in [0.25, 0.3) is 0 Å². The lowest BCUT2D eigenvalue weighted by atomic mass is 10.2. The third-order valence-corrected chi connectivity index (χ3v) is 3.82. The Hall–Kier alpha value is -1.60. The van der Waals surface area contributed by atoms with Gasteiger partial charge in [-0.1, -0.05) is 17.7 Å². The van der Waals surface area contributed by atoms with Crippen molar-refractivity contribution in [3.8, 4) is 0 Å². The van der Waals surface area contributed by atoms with Gasteiger partial charge in [0.05, 0.1) is 12.8 Å². The molecule has 0 aliphatic heterocycles. The van der Waals surface area contributed by atoms with Crippen molar-refractivity contribution in [3.63, 3.8) is 0 Å². The van der Waals surface area contributed by atoms with E-state index in [1.165, 1.54) is 19.1 Å². The van der Waals surface area contributed by atoms with Gasteiger partial charge in [-0.25, -0.2) is 4.79 Å². The number of rotatable bonds is 6. The molecule has 1 aromatic carbocycles. The Morgan fingerprint density at radius 3 is 2.39 bits per heavy atom. The van der Waals surface area contributed by atoms with Crippen LogP contribution in [-0.4, -0.2) is 32.7 Å². The van der Waals surface area contributed by atoms with Gasteiger partial charge in [-0.15, -0.1) is 0 Å². The summed E-state index contributed by atoms with van der Waals surface area (Å²) < 4.78 is 49.9. The number of ether oxygens (including phenoxy) is 1. The number of hydrogen-bond acceptors (Lipinski definition) is 5. The molecule has 1 aromatic rings. The summed E-state index contributed by atoms with van der Waals surface area (Å²) in [4.78, 5) is 11.6. The number of nitrogens with one attached hydrogen (secondary N) is 1. The molecule has 1 amide bonds. The zero-order valence-corrected chi connectivity index (χ0v) is 14.8. The van der Waals surface area contributed by atoms with Crippen molar-refractivity contribution in [2.24, 2.45) is 0 Å². The van der Waals surface area contributed by atoms with Crippen molar-refractivity contribution in [1.29, 1.82) is 0 Å². The van der Waals surface area contributed by atoms with Crippen LogP contribution in [0.3, 0.4) is 0 Å². The second-order valence-electron chi connectivity index (χ2n) is 6.13. The number of carbonyl (C=O) groups is 1. The molecule has 0 fully saturated rings. The second kappa shape index (κ2) is 7.79. The minimum Gasteiger partial charge on any atom is -0.444 e. The summed E-state index contributed by atoms with van der Waals surface area (Å²) >= 11 is 0. The normalized spacial score (nSPS) is 17.4. The molecule has 0 saturated heterocycles. The number of hydrogen-bond donors (Lipinski definition) is 1. The van der Waals surface area contributed by atoms with Gasteiger partial charge in [0.2, 0.25) is 0 Å². The van der Waals surface area contributed by atoms with Gasteiger partial charge < -0.3 is 10.1 Å². The van der Waals surface area contributed by atoms with Gasteiger partial charge >= 0.3 is 6.09 Å². The van der Waals surface area contributed by atoms with E-state index in [9.17, 15) is 13.2 Å². The monoisotopic (exact) mass is 345 g/mol. The first-order chi connectivity index (χ1) is 11.3. The Labute approximate surface area is 141 Å². The highest BCUT2D eigenvalue weighted by atomic mass is 32.2. The van der Waals surface area contributed by atoms with E-state index in [1.807, 2.05) is 6.92 Å². The minimum atomic E-state index is -4.16. The smallest absolute Gasteiger partial charge is 0.407 e. The van der Waals surface area contributed by atoms with Gasteiger partial charge in [-0.2, -0.15) is 8.42 Å². The Morgan fingerprint density at radius 1 is 1.30 bits per heavy atom. The molecule has 1 N–H and O–H groups in total. The molecule has 0 bridgehead atoms. The molecule has 0 unspecified atom stereocenters. The SMILES string of the molecule is [2H][C@@H]([C@@H](C)NC(=O)OC(C)(C)C)[C@@H]([2H])OS(=O)(=O)c1ccc(C)cc1. The summed E-state index contributed by atoms with van der Waals surface area (Å²) in [5.74, 6) is 0. The van der Waals surface area contributed by atoms with E-state index in [4.69, 9.17) is 11.7 Å². The molecular weight excluding hydrogens is 318 g/mol. The van der Waals surface area contributed by atoms with E-state index < -0.39 is 40.8 Å². The molecule has 0 heterocycles. The van der Waals surface area contributed by atoms with Crippen LogP contribution in [0.4, 0.5) is 4.79 Å². The van der Waals surface area contributed by atoms with Crippen LogP contribution >= 0.6 is 0 Å². The Bertz CT molecular complexity index is 685. The molecule has 0 aromatic heterocycles. The molecule has 130 valence electrons. The quantitative estimate of drug-likeness (QED) is 0.802. The van der Waals surface area contributed by atoms with E-state index in [0.29, 0.717) is 0 Å². The number of benzene rings is 1. The van der Waals surface area contributed by atoms with Crippen molar-refractivity contribution < 1.29 is 24.9 Å². The fourth-order valence-corrected chi connectivity index (χ4v) is 2.32. The summed E-state index contributed by atoms with van der Waals surface area (Å²) in [5.41, 5.74) is 0.183. The van der Waals surface area contributed by atoms with Gasteiger partial charge in [-0.3, -0.25) is 4.18 Å². The molecule has 0 saturated carbocycles. The van der Waals surface area contributed by atoms with Gasteiger partial charge in [0, 0.05) is 7.41 Å². The molecule has 0 aliphatic carbocycles. The van der Waals surface area contributed by atoms with E-state index >= 15 is 0 Å². The molecule has 3 atom stereocenters. The fraction of sp³-hybridized carbons (Fsp3) is 0.562. The van der Waals surface area contributed by atoms with Crippen molar-refractivity contribution in [2.75, 3.05) is 6.58 Å². The fourth-order valence-electron chi connectivity index (χ4n) is 1.53. The number of amides is 1. The first-order valence-corrected chi connectivity index (χ1v) is 8.56. The van der Waals surface area contributed by atoms with Gasteiger partial charge in [0.15, 0.2) is 0 Å². The number of aryl methyl sites for hydroxylation is 1. The Balaban J connectivity index is 2.70. The van der Waals surface area contributed by atoms with Crippen LogP contribution in [0.2, 0.25) is 0 Å². The molecule has 1 rings (SSSR count). The summed E-state index contributed by atoms with van der Waals surface area (Å²) in [6, 6.07) is 5.13. The van der Waals surface area contributed by atoms with E-state index in [1.54, 1.807) is 32.9 Å². The lowest BCUT2D eigenvalue weighted by Gasteiger charge is -2.21. The van der Waals surface area contributed by atoms with Crippen molar-refractivity contribution in [1.82, 2.24) is 5.32 Å². The maximum absolute atomic E-state index is 12.2. The summed E-state index contributed by atoms with van der Waals surface area (Å²) in [6.45, 7) is 6.68. The summed E-state index contributed by atoms with van der Waals surface area (Å²) in [5, 5.41) is 2.41. The zero-order valence-electron chi connectivity index (χ0n) is 16.0. The zero-order chi connectivity index (χ0) is 19.4. The van der Waals surface area contributed by atoms with Crippen LogP contribution in [0.1, 0.15) is 42.4 Å². The van der Waals surface area contributed by atoms with Gasteiger partial charge in [0.1, 0.15) is 5.60 Å². The third-order valence-electron chi connectivity index (χ3n) is 2.60. The van der Waals surface area contributed by atoms with Crippen LogP contribution in [0.15, 0.2) is 29.2 Å². The van der Waals surface area contributed by atoms with Crippen molar-refractivity contribution in [2.45, 2.75) is 57.6 Å². The highest BCUT2D eigenvalue weighted by molar-refractivity contribution is 7.86. The molecule has 6 nitrogen and oxygen atoms in total. The molecule has 0 spiro atoms. The molecule has 7 heteroatoms. The highest BCUT2D eigenvalue weighted by Crippen LogP contribution is 2.14. The lowest BCUT2D eigenvalue weighted by molar-refractivity contribution is 0.0503. The van der Waals surface area contributed by atoms with Gasteiger partial charge in [-0.05, 0) is 53.1 Å². The molecule has 0 aliphatic rings. The first-order valence-electron chi connectivity index (χ1n) is 8.31. The minimum absolute atomic E-state index is 0.0877. The summed E-state index contributed by atoms with van der Waals surface area (Å²) in [7, 11) is -4.16. The van der Waals surface area contributed by atoms with Crippen LogP contribution < -0.4 is 5.32 Å². The predicted octanol–water partition coefficient (Wildman–Crippen LogP) is 3.00. The van der Waals surface area contributed by atoms with Crippen LogP contribution in [0, 0.1) is 6.92 Å². The largest absolute Gasteiger partial charge is 0.444 e. The van der Waals surface area contributed by atoms with Crippen molar-refractivity contribution >= 4 is 16.2 Å². The van der Waals surface area contributed by atoms with E-state index in [2.05, 4.69) is 5.32 Å². The maximum Gasteiger partial charge on any atom is 0.407 e. The number of carbonyl (C=O) groups excluding carboxylic acids is 1. The van der Waals surface area contributed by atoms with E-state index in [0.717, 1.165) is 5.56 Å². The standard InChI is InChI=1S/C16H25NO5S/c1-12-6-8-14(9-7-12)23(19,20)21-11-10-13(2)17-15(18)22-16(3,4)5/h6-9,13H,10-11H2,1-5H3,(H,17,18)/t13-/m1/s1/i10D,11D/t10-,11-,13-. The van der Waals surface area contributed by atoms with E-state index in [-0.39, 0.29) is 4.90 Å². The average molecular weight is 345 g/mol. The second-order valence-corrected chi connectivity index (χ2v) is 7.70. The Kier molecular flexibility index (Phi) is 5.51. The van der Waals surface area contributed by atoms with Gasteiger partial charge in [0.25, 0.3) is 10.1 Å². The Morgan fingerprint density at radius 2 is 1.87 bits per heavy atom. The number of alkyl carbamates (subject to hydrolysis) is 1. The topological polar surface area (TPSA) is 81.7 Å². The van der Waals surface area contributed by atoms with Crippen LogP contribution in [-0.2, 0) is 19.0 Å². The third kappa shape index (κ3) is 7.47. The molecule has 23 heavy (non-hydrogen) atoms. The van der Waals surface area contributed by atoms with Crippen molar-refractivity contribution in [3.05, 3.63) is 29.8 Å². The van der Waals surface area contributed by atoms with Crippen LogP contribution in [0.5, 0.6) is 0 Å². The predicted molar refractivity (Wildman–Crippen MR) is 87.8 cm³/mol. The summed E-state index contributed by atoms with van der Waals surface area (Å²) in [6.07, 6.45) is -2.07. The average Bonchev–Trinajstić information content (AvgIpc) is 2.44. The highest BCUT2D eigenvalue weighted by Gasteiger charge is 2.19. The molecular formula is C16H25NO5S. The first kappa shape index (κ1) is 16.3. The lowest BCUT2D eigenvalue weighted by Crippen LogP contribution is -2.38. The maximum atomic E-state index is 12.2. The molecule has 0 radical (unpaired) electrons.